The Labute approximate surface area is 137 Å². The Kier molecular flexibility index (Phi) is 5.20. The van der Waals surface area contributed by atoms with Crippen molar-refractivity contribution in [3.8, 4) is 0 Å². The van der Waals surface area contributed by atoms with Crippen LogP contribution in [0.25, 0.3) is 0 Å². The van der Waals surface area contributed by atoms with Gasteiger partial charge in [-0.25, -0.2) is 9.97 Å². The van der Waals surface area contributed by atoms with E-state index in [0.717, 1.165) is 30.2 Å². The van der Waals surface area contributed by atoms with Gasteiger partial charge in [0.05, 0.1) is 6.10 Å². The van der Waals surface area contributed by atoms with Gasteiger partial charge in [-0.2, -0.15) is 0 Å². The number of benzene rings is 1. The number of hydrogen-bond acceptors (Lipinski definition) is 5. The van der Waals surface area contributed by atoms with E-state index in [1.165, 1.54) is 18.4 Å². The van der Waals surface area contributed by atoms with Gasteiger partial charge in [-0.3, -0.25) is 0 Å². The highest BCUT2D eigenvalue weighted by atomic mass is 16.3. The van der Waals surface area contributed by atoms with Gasteiger partial charge in [-0.05, 0) is 25.3 Å². The zero-order chi connectivity index (χ0) is 16.1. The predicted octanol–water partition coefficient (Wildman–Crippen LogP) is 2.21. The SMILES string of the molecule is Cc1ccc([C@H](O)CNCc2cnc(N3CCCC3)nc2)cc1. The topological polar surface area (TPSA) is 61.3 Å². The van der Waals surface area contributed by atoms with Gasteiger partial charge in [0.2, 0.25) is 5.95 Å². The average Bonchev–Trinajstić information content (AvgIpc) is 3.10. The van der Waals surface area contributed by atoms with E-state index in [9.17, 15) is 5.11 Å². The number of hydrogen-bond donors (Lipinski definition) is 2. The molecular weight excluding hydrogens is 288 g/mol. The molecule has 0 amide bonds. The minimum Gasteiger partial charge on any atom is -0.387 e. The van der Waals surface area contributed by atoms with Crippen LogP contribution in [-0.2, 0) is 6.54 Å². The molecule has 5 nitrogen and oxygen atoms in total. The van der Waals surface area contributed by atoms with Crippen molar-refractivity contribution in [2.24, 2.45) is 0 Å². The number of nitrogens with one attached hydrogen (secondary N) is 1. The van der Waals surface area contributed by atoms with Gasteiger partial charge in [-0.15, -0.1) is 0 Å². The lowest BCUT2D eigenvalue weighted by Gasteiger charge is -2.15. The molecule has 1 atom stereocenters. The second-order valence-corrected chi connectivity index (χ2v) is 6.14. The van der Waals surface area contributed by atoms with Crippen LogP contribution in [-0.4, -0.2) is 34.7 Å². The van der Waals surface area contributed by atoms with E-state index in [0.29, 0.717) is 13.1 Å². The summed E-state index contributed by atoms with van der Waals surface area (Å²) < 4.78 is 0. The van der Waals surface area contributed by atoms with Crippen molar-refractivity contribution in [3.63, 3.8) is 0 Å². The second-order valence-electron chi connectivity index (χ2n) is 6.14. The quantitative estimate of drug-likeness (QED) is 0.856. The number of anilines is 1. The van der Waals surface area contributed by atoms with E-state index in [4.69, 9.17) is 0 Å². The summed E-state index contributed by atoms with van der Waals surface area (Å²) in [4.78, 5) is 11.1. The summed E-state index contributed by atoms with van der Waals surface area (Å²) >= 11 is 0. The maximum absolute atomic E-state index is 10.2. The summed E-state index contributed by atoms with van der Waals surface area (Å²) in [6.45, 7) is 5.32. The van der Waals surface area contributed by atoms with E-state index >= 15 is 0 Å². The van der Waals surface area contributed by atoms with Crippen molar-refractivity contribution in [2.45, 2.75) is 32.4 Å². The van der Waals surface area contributed by atoms with Crippen LogP contribution in [0.2, 0.25) is 0 Å². The first-order chi connectivity index (χ1) is 11.2. The van der Waals surface area contributed by atoms with Crippen LogP contribution in [0.3, 0.4) is 0 Å². The highest BCUT2D eigenvalue weighted by Crippen LogP contribution is 2.15. The van der Waals surface area contributed by atoms with Gasteiger partial charge in [-0.1, -0.05) is 29.8 Å². The summed E-state index contributed by atoms with van der Waals surface area (Å²) in [5.74, 6) is 0.825. The zero-order valence-corrected chi connectivity index (χ0v) is 13.6. The summed E-state index contributed by atoms with van der Waals surface area (Å²) in [7, 11) is 0. The molecule has 0 aliphatic carbocycles. The van der Waals surface area contributed by atoms with Gasteiger partial charge < -0.3 is 15.3 Å². The number of aryl methyl sites for hydroxylation is 1. The Morgan fingerprint density at radius 1 is 1.13 bits per heavy atom. The Morgan fingerprint density at radius 3 is 2.43 bits per heavy atom. The van der Waals surface area contributed by atoms with E-state index in [1.54, 1.807) is 0 Å². The molecule has 1 saturated heterocycles. The fourth-order valence-electron chi connectivity index (χ4n) is 2.78. The molecule has 0 bridgehead atoms. The third-order valence-corrected chi connectivity index (χ3v) is 4.21. The monoisotopic (exact) mass is 312 g/mol. The minimum absolute atomic E-state index is 0.500. The standard InChI is InChI=1S/C18H24N4O/c1-14-4-6-16(7-5-14)17(23)13-19-10-15-11-20-18(21-12-15)22-8-2-3-9-22/h4-7,11-12,17,19,23H,2-3,8-10,13H2,1H3/t17-/m1/s1. The summed E-state index contributed by atoms with van der Waals surface area (Å²) in [6, 6.07) is 7.97. The molecule has 0 unspecified atom stereocenters. The summed E-state index contributed by atoms with van der Waals surface area (Å²) in [6.07, 6.45) is 5.69. The highest BCUT2D eigenvalue weighted by Gasteiger charge is 2.14. The predicted molar refractivity (Wildman–Crippen MR) is 91.3 cm³/mol. The molecule has 5 heteroatoms. The first-order valence-corrected chi connectivity index (χ1v) is 8.23. The summed E-state index contributed by atoms with van der Waals surface area (Å²) in [5.41, 5.74) is 3.16. The Morgan fingerprint density at radius 2 is 1.78 bits per heavy atom. The molecule has 2 heterocycles. The molecule has 1 aliphatic heterocycles. The van der Waals surface area contributed by atoms with Gasteiger partial charge in [0.1, 0.15) is 0 Å². The molecule has 0 radical (unpaired) electrons. The van der Waals surface area contributed by atoms with E-state index in [-0.39, 0.29) is 0 Å². The number of nitrogens with zero attached hydrogens (tertiary/aromatic N) is 3. The molecule has 23 heavy (non-hydrogen) atoms. The van der Waals surface area contributed by atoms with E-state index in [1.807, 2.05) is 43.6 Å². The van der Waals surface area contributed by atoms with Crippen LogP contribution in [0.5, 0.6) is 0 Å². The first kappa shape index (κ1) is 15.9. The smallest absolute Gasteiger partial charge is 0.225 e. The molecule has 3 rings (SSSR count). The Balaban J connectivity index is 1.47. The van der Waals surface area contributed by atoms with Gasteiger partial charge >= 0.3 is 0 Å². The van der Waals surface area contributed by atoms with E-state index in [2.05, 4.69) is 20.2 Å². The normalized spacial score (nSPS) is 15.8. The van der Waals surface area contributed by atoms with Crippen LogP contribution in [0.15, 0.2) is 36.7 Å². The van der Waals surface area contributed by atoms with Crippen molar-refractivity contribution < 1.29 is 5.11 Å². The van der Waals surface area contributed by atoms with Gasteiger partial charge in [0.25, 0.3) is 0 Å². The van der Waals surface area contributed by atoms with Crippen molar-refractivity contribution in [2.75, 3.05) is 24.5 Å². The maximum atomic E-state index is 10.2. The highest BCUT2D eigenvalue weighted by molar-refractivity contribution is 5.31. The molecular formula is C18H24N4O. The number of aliphatic hydroxyl groups is 1. The van der Waals surface area contributed by atoms with Crippen LogP contribution >= 0.6 is 0 Å². The molecule has 1 fully saturated rings. The number of aliphatic hydroxyl groups excluding tert-OH is 1. The maximum Gasteiger partial charge on any atom is 0.225 e. The van der Waals surface area contributed by atoms with Crippen LogP contribution in [0.4, 0.5) is 5.95 Å². The molecule has 122 valence electrons. The van der Waals surface area contributed by atoms with Crippen LogP contribution < -0.4 is 10.2 Å². The van der Waals surface area contributed by atoms with Crippen LogP contribution in [0, 0.1) is 6.92 Å². The van der Waals surface area contributed by atoms with Crippen molar-refractivity contribution in [1.82, 2.24) is 15.3 Å². The van der Waals surface area contributed by atoms with E-state index < -0.39 is 6.10 Å². The minimum atomic E-state index is -0.500. The fourth-order valence-corrected chi connectivity index (χ4v) is 2.78. The largest absolute Gasteiger partial charge is 0.387 e. The molecule has 2 N–H and O–H groups in total. The number of rotatable bonds is 6. The van der Waals surface area contributed by atoms with Crippen molar-refractivity contribution in [1.29, 1.82) is 0 Å². The first-order valence-electron chi connectivity index (χ1n) is 8.23. The molecule has 1 aliphatic rings. The Hall–Kier alpha value is -1.98. The molecule has 2 aromatic rings. The molecule has 1 aromatic carbocycles. The third kappa shape index (κ3) is 4.27. The van der Waals surface area contributed by atoms with Crippen LogP contribution in [0.1, 0.15) is 35.6 Å². The second kappa shape index (κ2) is 7.53. The lowest BCUT2D eigenvalue weighted by Crippen LogP contribution is -2.22. The fraction of sp³-hybridized carbons (Fsp3) is 0.444. The molecule has 1 aromatic heterocycles. The molecule has 0 saturated carbocycles. The Bertz CT molecular complexity index is 606. The van der Waals surface area contributed by atoms with Crippen molar-refractivity contribution >= 4 is 5.95 Å². The third-order valence-electron chi connectivity index (χ3n) is 4.21. The summed E-state index contributed by atoms with van der Waals surface area (Å²) in [5, 5.41) is 13.4. The van der Waals surface area contributed by atoms with Gasteiger partial charge in [0.15, 0.2) is 0 Å². The van der Waals surface area contributed by atoms with Gasteiger partial charge in [0, 0.05) is 44.1 Å². The lowest BCUT2D eigenvalue weighted by atomic mass is 10.1. The average molecular weight is 312 g/mol. The lowest BCUT2D eigenvalue weighted by molar-refractivity contribution is 0.174. The number of aromatic nitrogens is 2. The zero-order valence-electron chi connectivity index (χ0n) is 13.6. The van der Waals surface area contributed by atoms with Crippen molar-refractivity contribution in [3.05, 3.63) is 53.3 Å². The molecule has 0 spiro atoms.